The molecule has 2 heterocycles. The monoisotopic (exact) mass is 742 g/mol. The summed E-state index contributed by atoms with van der Waals surface area (Å²) in [6.45, 7) is 9.85. The molecule has 9 heteroatoms. The van der Waals surface area contributed by atoms with E-state index in [9.17, 15) is 0 Å². The van der Waals surface area contributed by atoms with Crippen molar-refractivity contribution in [2.24, 2.45) is 0 Å². The van der Waals surface area contributed by atoms with E-state index in [2.05, 4.69) is 0 Å². The van der Waals surface area contributed by atoms with Gasteiger partial charge in [-0.05, 0) is 46.8 Å². The van der Waals surface area contributed by atoms with Crippen LogP contribution < -0.4 is 55.5 Å². The van der Waals surface area contributed by atoms with Crippen LogP contribution in [0.2, 0.25) is 0 Å². The fraction of sp³-hybridized carbons (Fsp3) is 0.182. The average molecular weight is 743 g/mol. The summed E-state index contributed by atoms with van der Waals surface area (Å²) in [5, 5.41) is 3.70. The molecule has 0 aliphatic carbocycles. The SMILES string of the molecule is COc1cc(P(=O)(c2ccc(C)cc2)c2ccc(C)cc2)c(-c2cc(P(=O)(c3ccc(C)cc3)c3ccc(C)cc3)c(C)c3c2OCO3)c2c1OCO2. The maximum absolute atomic E-state index is 16.4. The molecule has 2 aliphatic rings. The molecule has 6 aromatic carbocycles. The van der Waals surface area contributed by atoms with E-state index in [0.717, 1.165) is 22.3 Å². The Hall–Kier alpha value is -5.22. The molecule has 2 aliphatic heterocycles. The highest BCUT2D eigenvalue weighted by molar-refractivity contribution is 7.86. The summed E-state index contributed by atoms with van der Waals surface area (Å²) in [5.74, 6) is 2.08. The minimum absolute atomic E-state index is 0.0371. The number of benzene rings is 6. The van der Waals surface area contributed by atoms with Crippen LogP contribution in [0.3, 0.4) is 0 Å². The van der Waals surface area contributed by atoms with E-state index >= 15 is 9.13 Å². The predicted molar refractivity (Wildman–Crippen MR) is 213 cm³/mol. The summed E-state index contributed by atoms with van der Waals surface area (Å²) in [6.07, 6.45) is 0. The highest BCUT2D eigenvalue weighted by atomic mass is 31.2. The Kier molecular flexibility index (Phi) is 8.76. The number of fused-ring (bicyclic) bond motifs is 2. The van der Waals surface area contributed by atoms with Crippen molar-refractivity contribution in [1.29, 1.82) is 0 Å². The molecule has 0 saturated carbocycles. The molecule has 0 unspecified atom stereocenters. The zero-order valence-electron chi connectivity index (χ0n) is 30.6. The molecule has 0 fully saturated rings. The number of methoxy groups -OCH3 is 1. The molecule has 0 bridgehead atoms. The van der Waals surface area contributed by atoms with Crippen molar-refractivity contribution in [2.45, 2.75) is 34.6 Å². The van der Waals surface area contributed by atoms with Gasteiger partial charge in [0.2, 0.25) is 19.3 Å². The Balaban J connectivity index is 1.50. The first-order chi connectivity index (χ1) is 25.5. The fourth-order valence-electron chi connectivity index (χ4n) is 7.26. The van der Waals surface area contributed by atoms with Gasteiger partial charge in [0.1, 0.15) is 0 Å². The lowest BCUT2D eigenvalue weighted by Gasteiger charge is -2.27. The Bertz CT molecular complexity index is 2370. The number of ether oxygens (including phenoxy) is 5. The lowest BCUT2D eigenvalue weighted by molar-refractivity contribution is 0.171. The van der Waals surface area contributed by atoms with Gasteiger partial charge in [0, 0.05) is 48.5 Å². The molecular weight excluding hydrogens is 702 g/mol. The maximum Gasteiger partial charge on any atom is 0.231 e. The smallest absolute Gasteiger partial charge is 0.231 e. The second-order valence-electron chi connectivity index (χ2n) is 13.7. The van der Waals surface area contributed by atoms with E-state index in [4.69, 9.17) is 23.7 Å². The first-order valence-corrected chi connectivity index (χ1v) is 20.9. The summed E-state index contributed by atoms with van der Waals surface area (Å²) in [7, 11) is -5.69. The highest BCUT2D eigenvalue weighted by Crippen LogP contribution is 2.58. The summed E-state index contributed by atoms with van der Waals surface area (Å²) in [4.78, 5) is 0. The second-order valence-corrected chi connectivity index (χ2v) is 19.2. The van der Waals surface area contributed by atoms with Crippen molar-refractivity contribution in [1.82, 2.24) is 0 Å². The molecule has 0 atom stereocenters. The van der Waals surface area contributed by atoms with E-state index in [0.29, 0.717) is 77.3 Å². The molecule has 6 aromatic rings. The highest BCUT2D eigenvalue weighted by Gasteiger charge is 2.42. The Morgan fingerprint density at radius 1 is 0.472 bits per heavy atom. The first-order valence-electron chi connectivity index (χ1n) is 17.5. The van der Waals surface area contributed by atoms with Gasteiger partial charge >= 0.3 is 0 Å². The van der Waals surface area contributed by atoms with Crippen molar-refractivity contribution in [3.63, 3.8) is 0 Å². The molecular formula is C44H40O7P2. The zero-order chi connectivity index (χ0) is 37.1. The van der Waals surface area contributed by atoms with Crippen LogP contribution in [0, 0.1) is 34.6 Å². The van der Waals surface area contributed by atoms with Crippen molar-refractivity contribution in [3.05, 3.63) is 137 Å². The van der Waals surface area contributed by atoms with E-state index in [1.807, 2.05) is 138 Å². The number of hydrogen-bond acceptors (Lipinski definition) is 7. The third-order valence-corrected chi connectivity index (χ3v) is 16.5. The van der Waals surface area contributed by atoms with E-state index < -0.39 is 14.3 Å². The van der Waals surface area contributed by atoms with Crippen LogP contribution in [0.5, 0.6) is 28.7 Å². The summed E-state index contributed by atoms with van der Waals surface area (Å²) >= 11 is 0. The van der Waals surface area contributed by atoms with Crippen LogP contribution in [0.15, 0.2) is 109 Å². The van der Waals surface area contributed by atoms with Crippen molar-refractivity contribution in [2.75, 3.05) is 20.7 Å². The second kappa shape index (κ2) is 13.3. The van der Waals surface area contributed by atoms with Gasteiger partial charge in [-0.1, -0.05) is 119 Å². The van der Waals surface area contributed by atoms with Crippen LogP contribution in [-0.2, 0) is 9.13 Å². The van der Waals surface area contributed by atoms with Gasteiger partial charge in [-0.2, -0.15) is 0 Å². The molecule has 53 heavy (non-hydrogen) atoms. The summed E-state index contributed by atoms with van der Waals surface area (Å²) in [6, 6.07) is 35.0. The summed E-state index contributed by atoms with van der Waals surface area (Å²) in [5.41, 5.74) is 5.96. The van der Waals surface area contributed by atoms with Gasteiger partial charge in [0.05, 0.1) is 7.11 Å². The Morgan fingerprint density at radius 3 is 1.28 bits per heavy atom. The molecule has 0 aromatic heterocycles. The molecule has 0 radical (unpaired) electrons. The quantitative estimate of drug-likeness (QED) is 0.148. The molecule has 268 valence electrons. The third-order valence-electron chi connectivity index (χ3n) is 10.2. The topological polar surface area (TPSA) is 80.3 Å². The van der Waals surface area contributed by atoms with Crippen LogP contribution in [0.1, 0.15) is 27.8 Å². The van der Waals surface area contributed by atoms with E-state index in [1.165, 1.54) is 0 Å². The molecule has 7 nitrogen and oxygen atoms in total. The number of hydrogen-bond donors (Lipinski definition) is 0. The lowest BCUT2D eigenvalue weighted by Crippen LogP contribution is -2.28. The number of rotatable bonds is 8. The van der Waals surface area contributed by atoms with Crippen LogP contribution in [0.25, 0.3) is 11.1 Å². The molecule has 0 saturated heterocycles. The van der Waals surface area contributed by atoms with Gasteiger partial charge in [0.15, 0.2) is 37.3 Å². The van der Waals surface area contributed by atoms with E-state index in [1.54, 1.807) is 13.2 Å². The van der Waals surface area contributed by atoms with Crippen LogP contribution in [0.4, 0.5) is 0 Å². The van der Waals surface area contributed by atoms with Crippen molar-refractivity contribution in [3.8, 4) is 39.9 Å². The van der Waals surface area contributed by atoms with Crippen molar-refractivity contribution >= 4 is 46.1 Å². The largest absolute Gasteiger partial charge is 0.493 e. The fourth-order valence-corrected chi connectivity index (χ4v) is 13.0. The van der Waals surface area contributed by atoms with Crippen molar-refractivity contribution < 1.29 is 32.8 Å². The van der Waals surface area contributed by atoms with E-state index in [-0.39, 0.29) is 13.6 Å². The van der Waals surface area contributed by atoms with Gasteiger partial charge < -0.3 is 32.8 Å². The minimum Gasteiger partial charge on any atom is -0.493 e. The third kappa shape index (κ3) is 5.66. The molecule has 0 spiro atoms. The lowest BCUT2D eigenvalue weighted by atomic mass is 10.00. The molecule has 8 rings (SSSR count). The first kappa shape index (κ1) is 34.8. The zero-order valence-corrected chi connectivity index (χ0v) is 32.3. The normalized spacial score (nSPS) is 13.3. The minimum atomic E-state index is -3.69. The van der Waals surface area contributed by atoms with Crippen LogP contribution in [-0.4, -0.2) is 20.7 Å². The van der Waals surface area contributed by atoms with Gasteiger partial charge in [-0.25, -0.2) is 0 Å². The molecule has 0 amide bonds. The summed E-state index contributed by atoms with van der Waals surface area (Å²) < 4.78 is 63.2. The predicted octanol–water partition coefficient (Wildman–Crippen LogP) is 7.64. The van der Waals surface area contributed by atoms with Gasteiger partial charge in [-0.15, -0.1) is 0 Å². The number of aryl methyl sites for hydroxylation is 4. The maximum atomic E-state index is 16.4. The molecule has 0 N–H and O–H groups in total. The van der Waals surface area contributed by atoms with Gasteiger partial charge in [0.25, 0.3) is 0 Å². The Labute approximate surface area is 310 Å². The standard InChI is InChI=1S/C44H40O7P2/c1-27-7-15-32(16-8-27)52(45,33-17-9-28(2)10-18-33)38-23-36(42-41(31(38)5)48-25-49-42)40-39(24-37(47-6)43-44(40)51-26-50-43)53(46,34-19-11-29(3)12-20-34)35-21-13-30(4)14-22-35/h7-24H,25-26H2,1-6H3. The van der Waals surface area contributed by atoms with Gasteiger partial charge in [-0.3, -0.25) is 0 Å². The van der Waals surface area contributed by atoms with Crippen LogP contribution >= 0.6 is 14.3 Å². The Morgan fingerprint density at radius 2 is 0.849 bits per heavy atom. The average Bonchev–Trinajstić information content (AvgIpc) is 3.87.